The number of nitriles is 1. The first-order valence-electron chi connectivity index (χ1n) is 17.1. The molecular weight excluding hydrogens is 872 g/mol. The molecule has 6 aromatic rings. The average molecular weight is 915 g/mol. The Morgan fingerprint density at radius 1 is 0.768 bits per heavy atom. The van der Waals surface area contributed by atoms with Crippen molar-refractivity contribution in [3.8, 4) is 6.07 Å². The normalized spacial score (nSPS) is 11.4. The number of aliphatic hydroxyl groups is 2. The van der Waals surface area contributed by atoms with Gasteiger partial charge in [-0.3, -0.25) is 19.3 Å². The Balaban J connectivity index is 0.000000244. The van der Waals surface area contributed by atoms with Gasteiger partial charge in [0.15, 0.2) is 5.69 Å². The fourth-order valence-corrected chi connectivity index (χ4v) is 6.80. The van der Waals surface area contributed by atoms with Gasteiger partial charge in [-0.1, -0.05) is 30.6 Å². The molecule has 0 amide bonds. The Hall–Kier alpha value is -4.66. The number of aromatic nitrogens is 6. The van der Waals surface area contributed by atoms with E-state index in [-0.39, 0.29) is 31.3 Å². The van der Waals surface area contributed by atoms with Gasteiger partial charge in [-0.15, -0.1) is 0 Å². The summed E-state index contributed by atoms with van der Waals surface area (Å²) < 4.78 is 13.8. The fourth-order valence-electron chi connectivity index (χ4n) is 5.83. The Kier molecular flexibility index (Phi) is 14.2. The van der Waals surface area contributed by atoms with E-state index in [9.17, 15) is 25.1 Å². The van der Waals surface area contributed by atoms with Gasteiger partial charge in [-0.2, -0.15) is 15.5 Å². The molecule has 0 saturated carbocycles. The first-order chi connectivity index (χ1) is 25.9. The number of hydrogen-bond acceptors (Lipinski definition) is 11. The highest BCUT2D eigenvalue weighted by Crippen LogP contribution is 2.32. The summed E-state index contributed by atoms with van der Waals surface area (Å²) in [6, 6.07) is 13.1. The predicted octanol–water partition coefficient (Wildman–Crippen LogP) is 8.19. The quantitative estimate of drug-likeness (QED) is 0.100. The molecule has 0 unspecified atom stereocenters. The SMILES string of the molecule is C.CCOC(=O)c1cn(Cc2cc(C(C)(C)O)c3ncc(Cl)cc3c2)nc1C#N.CCOC(=O)c1cn(Cc2cc(C(C)(C)O)c3ncc(Cl)cc3c2)nc1I. The molecule has 0 fully saturated rings. The molecule has 0 aliphatic heterocycles. The van der Waals surface area contributed by atoms with Crippen molar-refractivity contribution in [2.24, 2.45) is 0 Å². The number of hydrogen-bond donors (Lipinski definition) is 2. The number of nitrogens with zero attached hydrogens (tertiary/aromatic N) is 7. The van der Waals surface area contributed by atoms with E-state index in [1.807, 2.05) is 59.0 Å². The minimum Gasteiger partial charge on any atom is -0.462 e. The maximum Gasteiger partial charge on any atom is 0.342 e. The maximum absolute atomic E-state index is 12.0. The van der Waals surface area contributed by atoms with Crippen LogP contribution < -0.4 is 0 Å². The van der Waals surface area contributed by atoms with Gasteiger partial charge in [0.1, 0.15) is 20.9 Å². The van der Waals surface area contributed by atoms with Gasteiger partial charge in [0.2, 0.25) is 0 Å². The molecule has 4 heterocycles. The lowest BCUT2D eigenvalue weighted by atomic mass is 9.93. The lowest BCUT2D eigenvalue weighted by molar-refractivity contribution is 0.0516. The van der Waals surface area contributed by atoms with Crippen molar-refractivity contribution in [3.63, 3.8) is 0 Å². The fraction of sp³-hybridized carbons (Fsp3) is 0.325. The van der Waals surface area contributed by atoms with E-state index in [1.165, 1.54) is 17.1 Å². The first kappa shape index (κ1) is 44.1. The second-order valence-corrected chi connectivity index (χ2v) is 15.4. The molecule has 6 rings (SSSR count). The zero-order valence-corrected chi connectivity index (χ0v) is 34.6. The lowest BCUT2D eigenvalue weighted by Crippen LogP contribution is -2.17. The van der Waals surface area contributed by atoms with Crippen LogP contribution in [-0.2, 0) is 33.8 Å². The molecule has 13 nitrogen and oxygen atoms in total. The largest absolute Gasteiger partial charge is 0.462 e. The summed E-state index contributed by atoms with van der Waals surface area (Å²) in [5.41, 5.74) is 2.83. The number of pyridine rings is 2. The number of esters is 2. The molecule has 16 heteroatoms. The Bertz CT molecular complexity index is 2440. The van der Waals surface area contributed by atoms with Crippen molar-refractivity contribution in [2.45, 2.75) is 73.3 Å². The third-order valence-electron chi connectivity index (χ3n) is 8.20. The highest BCUT2D eigenvalue weighted by atomic mass is 127. The number of carbonyl (C=O) groups excluding carboxylic acids is 2. The van der Waals surface area contributed by atoms with Crippen molar-refractivity contribution in [3.05, 3.63) is 114 Å². The minimum absolute atomic E-state index is 0. The highest BCUT2D eigenvalue weighted by molar-refractivity contribution is 14.1. The van der Waals surface area contributed by atoms with E-state index < -0.39 is 17.2 Å². The van der Waals surface area contributed by atoms with Crippen molar-refractivity contribution in [1.29, 1.82) is 5.26 Å². The second-order valence-electron chi connectivity index (χ2n) is 13.5. The number of benzene rings is 2. The molecule has 4 aromatic heterocycles. The predicted molar refractivity (Wildman–Crippen MR) is 223 cm³/mol. The van der Waals surface area contributed by atoms with Crippen molar-refractivity contribution in [2.75, 3.05) is 13.2 Å². The number of halogens is 3. The van der Waals surface area contributed by atoms with Crippen LogP contribution in [0.3, 0.4) is 0 Å². The molecule has 0 radical (unpaired) electrons. The maximum atomic E-state index is 12.0. The topological polar surface area (TPSA) is 178 Å². The monoisotopic (exact) mass is 913 g/mol. The van der Waals surface area contributed by atoms with E-state index >= 15 is 0 Å². The van der Waals surface area contributed by atoms with Gasteiger partial charge in [0, 0.05) is 46.7 Å². The summed E-state index contributed by atoms with van der Waals surface area (Å²) in [6.45, 7) is 11.5. The third kappa shape index (κ3) is 10.4. The van der Waals surface area contributed by atoms with Crippen molar-refractivity contribution < 1.29 is 29.3 Å². The summed E-state index contributed by atoms with van der Waals surface area (Å²) in [4.78, 5) is 32.7. The molecule has 0 bridgehead atoms. The van der Waals surface area contributed by atoms with E-state index in [1.54, 1.807) is 64.7 Å². The molecule has 2 aromatic carbocycles. The summed E-state index contributed by atoms with van der Waals surface area (Å²) in [6.07, 6.45) is 6.27. The number of fused-ring (bicyclic) bond motifs is 2. The first-order valence-corrected chi connectivity index (χ1v) is 18.9. The van der Waals surface area contributed by atoms with E-state index in [4.69, 9.17) is 32.7 Å². The van der Waals surface area contributed by atoms with Gasteiger partial charge in [0.25, 0.3) is 0 Å². The number of carbonyl (C=O) groups is 2. The van der Waals surface area contributed by atoms with Crippen LogP contribution in [0.25, 0.3) is 21.8 Å². The smallest absolute Gasteiger partial charge is 0.342 e. The van der Waals surface area contributed by atoms with E-state index in [2.05, 4.69) is 20.2 Å². The minimum atomic E-state index is -1.12. The molecule has 2 N–H and O–H groups in total. The second kappa shape index (κ2) is 18.1. The van der Waals surface area contributed by atoms with Crippen LogP contribution in [0.15, 0.2) is 61.2 Å². The molecule has 0 spiro atoms. The lowest BCUT2D eigenvalue weighted by Gasteiger charge is -2.21. The van der Waals surface area contributed by atoms with Crippen LogP contribution in [0.4, 0.5) is 0 Å². The summed E-state index contributed by atoms with van der Waals surface area (Å²) in [5.74, 6) is -0.975. The molecule has 0 atom stereocenters. The molecule has 0 aliphatic carbocycles. The zero-order chi connectivity index (χ0) is 40.2. The van der Waals surface area contributed by atoms with Crippen molar-refractivity contribution >= 4 is 79.5 Å². The van der Waals surface area contributed by atoms with Crippen LogP contribution in [0.1, 0.15) is 97.6 Å². The molecule has 294 valence electrons. The van der Waals surface area contributed by atoms with Crippen LogP contribution in [-0.4, -0.2) is 64.9 Å². The van der Waals surface area contributed by atoms with Gasteiger partial charge in [-0.25, -0.2) is 9.59 Å². The standard InChI is InChI=1S/C20H19ClN4O3.C19H19ClIN3O3.CH4/c1-4-28-19(26)15-11-25(24-17(15)8-22)10-12-5-13-7-14(21)9-23-18(13)16(6-12)20(2,3)27;1-4-27-18(25)14-10-24(23-17(14)21)9-11-5-12-7-13(20)8-22-16(12)15(6-11)19(2,3)26;/h5-7,9,11,27H,4,10H2,1-3H3;5-8,10,26H,4,9H2,1-3H3;1H4. The van der Waals surface area contributed by atoms with Crippen LogP contribution in [0, 0.1) is 15.0 Å². The van der Waals surface area contributed by atoms with Gasteiger partial charge < -0.3 is 19.7 Å². The Morgan fingerprint density at radius 2 is 1.20 bits per heavy atom. The van der Waals surface area contributed by atoms with Crippen LogP contribution in [0.2, 0.25) is 10.0 Å². The van der Waals surface area contributed by atoms with Gasteiger partial charge in [0.05, 0.1) is 58.6 Å². The third-order valence-corrected chi connectivity index (χ3v) is 9.41. The number of ether oxygens (including phenoxy) is 2. The Morgan fingerprint density at radius 3 is 1.62 bits per heavy atom. The summed E-state index contributed by atoms with van der Waals surface area (Å²) in [7, 11) is 0. The summed E-state index contributed by atoms with van der Waals surface area (Å²) in [5, 5.41) is 41.6. The molecular formula is C40H42Cl2IN7O6. The molecule has 0 aliphatic rings. The van der Waals surface area contributed by atoms with Gasteiger partial charge >= 0.3 is 11.9 Å². The van der Waals surface area contributed by atoms with Gasteiger partial charge in [-0.05, 0) is 112 Å². The zero-order valence-electron chi connectivity index (χ0n) is 30.9. The number of rotatable bonds is 10. The summed E-state index contributed by atoms with van der Waals surface area (Å²) >= 11 is 14.2. The van der Waals surface area contributed by atoms with E-state index in [0.29, 0.717) is 61.2 Å². The molecule has 56 heavy (non-hydrogen) atoms. The van der Waals surface area contributed by atoms with Crippen LogP contribution in [0.5, 0.6) is 0 Å². The molecule has 0 saturated heterocycles. The highest BCUT2D eigenvalue weighted by Gasteiger charge is 2.24. The average Bonchev–Trinajstić information content (AvgIpc) is 3.69. The Labute approximate surface area is 348 Å². The van der Waals surface area contributed by atoms with Crippen molar-refractivity contribution in [1.82, 2.24) is 29.5 Å². The van der Waals surface area contributed by atoms with Crippen LogP contribution >= 0.6 is 45.8 Å². The van der Waals surface area contributed by atoms with E-state index in [0.717, 1.165) is 21.9 Å².